The zero-order valence-electron chi connectivity index (χ0n) is 10.3. The number of nitrogens with zero attached hydrogens (tertiary/aromatic N) is 1. The summed E-state index contributed by atoms with van der Waals surface area (Å²) in [5, 5.41) is 3.60. The van der Waals surface area contributed by atoms with Crippen LogP contribution in [0, 0.1) is 6.92 Å². The molecule has 1 aromatic carbocycles. The summed E-state index contributed by atoms with van der Waals surface area (Å²) in [6, 6.07) is 9.52. The number of rotatable bonds is 4. The first kappa shape index (κ1) is 11.3. The Morgan fingerprint density at radius 3 is 2.62 bits per heavy atom. The van der Waals surface area contributed by atoms with Gasteiger partial charge in [-0.25, -0.2) is 0 Å². The van der Waals surface area contributed by atoms with Gasteiger partial charge in [-0.2, -0.15) is 0 Å². The van der Waals surface area contributed by atoms with Crippen LogP contribution in [0.5, 0.6) is 0 Å². The fourth-order valence-electron chi connectivity index (χ4n) is 2.09. The Balaban J connectivity index is 2.18. The van der Waals surface area contributed by atoms with Gasteiger partial charge in [0, 0.05) is 19.1 Å². The zero-order valence-corrected chi connectivity index (χ0v) is 10.3. The van der Waals surface area contributed by atoms with Gasteiger partial charge in [0.05, 0.1) is 5.71 Å². The lowest BCUT2D eigenvalue weighted by molar-refractivity contribution is 0.652. The minimum atomic E-state index is 0.346. The van der Waals surface area contributed by atoms with Crippen LogP contribution in [0.2, 0.25) is 0 Å². The van der Waals surface area contributed by atoms with Crippen molar-refractivity contribution in [3.8, 4) is 0 Å². The molecule has 2 heteroatoms. The largest absolute Gasteiger partial charge is 0.306 e. The highest BCUT2D eigenvalue weighted by molar-refractivity contribution is 6.05. The van der Waals surface area contributed by atoms with Crippen LogP contribution in [0.4, 0.5) is 0 Å². The molecule has 0 heterocycles. The average molecular weight is 216 g/mol. The predicted octanol–water partition coefficient (Wildman–Crippen LogP) is 2.55. The van der Waals surface area contributed by atoms with Crippen LogP contribution in [-0.2, 0) is 0 Å². The quantitative estimate of drug-likeness (QED) is 0.769. The van der Waals surface area contributed by atoms with Crippen LogP contribution >= 0.6 is 0 Å². The van der Waals surface area contributed by atoms with Crippen LogP contribution in [0.25, 0.3) is 0 Å². The maximum Gasteiger partial charge on any atom is 0.0586 e. The first-order valence-corrected chi connectivity index (χ1v) is 6.01. The normalized spacial score (nSPS) is 18.6. The lowest BCUT2D eigenvalue weighted by Crippen LogP contribution is -2.36. The van der Waals surface area contributed by atoms with Gasteiger partial charge in [0.15, 0.2) is 0 Å². The summed E-state index contributed by atoms with van der Waals surface area (Å²) in [5.74, 6) is 0. The maximum atomic E-state index is 4.45. The minimum absolute atomic E-state index is 0.346. The molecule has 2 nitrogen and oxygen atoms in total. The van der Waals surface area contributed by atoms with Gasteiger partial charge in [-0.05, 0) is 37.8 Å². The second-order valence-electron chi connectivity index (χ2n) is 4.59. The van der Waals surface area contributed by atoms with Crippen molar-refractivity contribution in [1.29, 1.82) is 0 Å². The van der Waals surface area contributed by atoms with E-state index in [4.69, 9.17) is 0 Å². The predicted molar refractivity (Wildman–Crippen MR) is 69.3 cm³/mol. The Bertz CT molecular complexity index is 391. The molecule has 1 aromatic rings. The van der Waals surface area contributed by atoms with E-state index >= 15 is 0 Å². The SMILES string of the molecule is CN=C(c1ccccc1C)C(C)NC1CC1. The molecule has 0 aromatic heterocycles. The van der Waals surface area contributed by atoms with E-state index < -0.39 is 0 Å². The number of aryl methyl sites for hydroxylation is 1. The molecule has 0 bridgehead atoms. The highest BCUT2D eigenvalue weighted by atomic mass is 15.0. The molecule has 0 aliphatic heterocycles. The topological polar surface area (TPSA) is 24.4 Å². The van der Waals surface area contributed by atoms with Crippen molar-refractivity contribution in [3.05, 3.63) is 35.4 Å². The molecule has 0 saturated heterocycles. The van der Waals surface area contributed by atoms with Gasteiger partial charge in [-0.15, -0.1) is 0 Å². The van der Waals surface area contributed by atoms with E-state index in [0.717, 1.165) is 6.04 Å². The molecule has 1 saturated carbocycles. The van der Waals surface area contributed by atoms with Crippen molar-refractivity contribution in [2.75, 3.05) is 7.05 Å². The molecule has 86 valence electrons. The van der Waals surface area contributed by atoms with Crippen LogP contribution in [0.1, 0.15) is 30.9 Å². The van der Waals surface area contributed by atoms with Gasteiger partial charge in [0.25, 0.3) is 0 Å². The third-order valence-electron chi connectivity index (χ3n) is 3.14. The molecule has 1 fully saturated rings. The molecule has 1 aliphatic carbocycles. The summed E-state index contributed by atoms with van der Waals surface area (Å²) in [6.45, 7) is 4.34. The van der Waals surface area contributed by atoms with Crippen molar-refractivity contribution in [2.45, 2.75) is 38.8 Å². The fraction of sp³-hybridized carbons (Fsp3) is 0.500. The number of aliphatic imine (C=N–C) groups is 1. The van der Waals surface area contributed by atoms with Crippen molar-refractivity contribution in [1.82, 2.24) is 5.32 Å². The Morgan fingerprint density at radius 1 is 1.38 bits per heavy atom. The third kappa shape index (κ3) is 2.50. The highest BCUT2D eigenvalue weighted by Gasteiger charge is 2.25. The molecule has 1 N–H and O–H groups in total. The summed E-state index contributed by atoms with van der Waals surface area (Å²) >= 11 is 0. The molecule has 0 radical (unpaired) electrons. The summed E-state index contributed by atoms with van der Waals surface area (Å²) in [6.07, 6.45) is 2.63. The molecule has 0 amide bonds. The molecular formula is C14H20N2. The van der Waals surface area contributed by atoms with E-state index in [1.54, 1.807) is 0 Å². The van der Waals surface area contributed by atoms with E-state index in [0.29, 0.717) is 6.04 Å². The van der Waals surface area contributed by atoms with Crippen molar-refractivity contribution < 1.29 is 0 Å². The van der Waals surface area contributed by atoms with E-state index in [-0.39, 0.29) is 0 Å². The van der Waals surface area contributed by atoms with Gasteiger partial charge in [0.1, 0.15) is 0 Å². The van der Waals surface area contributed by atoms with E-state index in [1.807, 2.05) is 7.05 Å². The Labute approximate surface area is 97.8 Å². The minimum Gasteiger partial charge on any atom is -0.306 e. The van der Waals surface area contributed by atoms with Gasteiger partial charge < -0.3 is 5.32 Å². The number of benzene rings is 1. The Morgan fingerprint density at radius 2 is 2.06 bits per heavy atom. The van der Waals surface area contributed by atoms with Gasteiger partial charge >= 0.3 is 0 Å². The number of nitrogens with one attached hydrogen (secondary N) is 1. The molecule has 1 atom stereocenters. The van der Waals surface area contributed by atoms with E-state index in [9.17, 15) is 0 Å². The monoisotopic (exact) mass is 216 g/mol. The summed E-state index contributed by atoms with van der Waals surface area (Å²) in [4.78, 5) is 4.45. The van der Waals surface area contributed by atoms with Gasteiger partial charge in [-0.1, -0.05) is 24.3 Å². The lowest BCUT2D eigenvalue weighted by atomic mass is 9.99. The molecule has 1 aliphatic rings. The van der Waals surface area contributed by atoms with Crippen molar-refractivity contribution >= 4 is 5.71 Å². The Kier molecular flexibility index (Phi) is 3.39. The standard InChI is InChI=1S/C14H20N2/c1-10-6-4-5-7-13(10)14(15-3)11(2)16-12-8-9-12/h4-7,11-12,16H,8-9H2,1-3H3. The van der Waals surface area contributed by atoms with E-state index in [2.05, 4.69) is 48.4 Å². The molecule has 2 rings (SSSR count). The second-order valence-corrected chi connectivity index (χ2v) is 4.59. The molecule has 0 spiro atoms. The molecule has 1 unspecified atom stereocenters. The van der Waals surface area contributed by atoms with Crippen LogP contribution in [0.15, 0.2) is 29.3 Å². The fourth-order valence-corrected chi connectivity index (χ4v) is 2.09. The first-order valence-electron chi connectivity index (χ1n) is 6.01. The summed E-state index contributed by atoms with van der Waals surface area (Å²) in [7, 11) is 1.88. The highest BCUT2D eigenvalue weighted by Crippen LogP contribution is 2.20. The van der Waals surface area contributed by atoms with Crippen LogP contribution < -0.4 is 5.32 Å². The maximum absolute atomic E-state index is 4.45. The van der Waals surface area contributed by atoms with Crippen molar-refractivity contribution in [2.24, 2.45) is 4.99 Å². The van der Waals surface area contributed by atoms with Crippen LogP contribution in [0.3, 0.4) is 0 Å². The van der Waals surface area contributed by atoms with E-state index in [1.165, 1.54) is 29.7 Å². The third-order valence-corrected chi connectivity index (χ3v) is 3.14. The Hall–Kier alpha value is -1.15. The number of hydrogen-bond acceptors (Lipinski definition) is 2. The summed E-state index contributed by atoms with van der Waals surface area (Å²) < 4.78 is 0. The first-order chi connectivity index (χ1) is 7.72. The van der Waals surface area contributed by atoms with Gasteiger partial charge in [0.2, 0.25) is 0 Å². The van der Waals surface area contributed by atoms with Crippen LogP contribution in [-0.4, -0.2) is 24.8 Å². The van der Waals surface area contributed by atoms with Gasteiger partial charge in [-0.3, -0.25) is 4.99 Å². The lowest BCUT2D eigenvalue weighted by Gasteiger charge is -2.17. The smallest absolute Gasteiger partial charge is 0.0586 e. The summed E-state index contributed by atoms with van der Waals surface area (Å²) in [5.41, 5.74) is 3.74. The zero-order chi connectivity index (χ0) is 11.5. The average Bonchev–Trinajstić information content (AvgIpc) is 3.06. The van der Waals surface area contributed by atoms with Crippen molar-refractivity contribution in [3.63, 3.8) is 0 Å². The second kappa shape index (κ2) is 4.79. The number of hydrogen-bond donors (Lipinski definition) is 1. The molecular weight excluding hydrogens is 196 g/mol. The molecule has 16 heavy (non-hydrogen) atoms.